The summed E-state index contributed by atoms with van der Waals surface area (Å²) < 4.78 is 10.8. The van der Waals surface area contributed by atoms with E-state index < -0.39 is 0 Å². The Bertz CT molecular complexity index is 590. The van der Waals surface area contributed by atoms with Crippen molar-refractivity contribution in [1.82, 2.24) is 9.97 Å². The lowest BCUT2D eigenvalue weighted by Gasteiger charge is -2.15. The van der Waals surface area contributed by atoms with Gasteiger partial charge in [0.15, 0.2) is 0 Å². The highest BCUT2D eigenvalue weighted by Gasteiger charge is 2.07. The van der Waals surface area contributed by atoms with Crippen molar-refractivity contribution in [2.75, 3.05) is 30.9 Å². The standard InChI is InChI=1S/C16H22N4O2/c1-12(2)22-14-7-5-4-6-13(14)19-16-18-9-8-15(20-16)17-10-11-21-3/h4-9,12H,10-11H2,1-3H3,(H2,17,18,19,20). The fourth-order valence-corrected chi connectivity index (χ4v) is 1.85. The van der Waals surface area contributed by atoms with E-state index in [1.165, 1.54) is 0 Å². The molecule has 2 N–H and O–H groups in total. The minimum atomic E-state index is 0.103. The minimum Gasteiger partial charge on any atom is -0.489 e. The molecule has 2 aromatic rings. The predicted octanol–water partition coefficient (Wildman–Crippen LogP) is 3.07. The number of nitrogens with zero attached hydrogens (tertiary/aromatic N) is 2. The van der Waals surface area contributed by atoms with E-state index in [4.69, 9.17) is 9.47 Å². The molecule has 0 aliphatic carbocycles. The van der Waals surface area contributed by atoms with Gasteiger partial charge in [0.05, 0.1) is 18.4 Å². The van der Waals surface area contributed by atoms with Crippen LogP contribution in [0.5, 0.6) is 5.75 Å². The van der Waals surface area contributed by atoms with Crippen molar-refractivity contribution >= 4 is 17.5 Å². The van der Waals surface area contributed by atoms with Crippen LogP contribution in [0.2, 0.25) is 0 Å². The van der Waals surface area contributed by atoms with Crippen LogP contribution in [-0.2, 0) is 4.74 Å². The molecule has 22 heavy (non-hydrogen) atoms. The first-order valence-corrected chi connectivity index (χ1v) is 7.27. The van der Waals surface area contributed by atoms with Crippen molar-refractivity contribution in [2.45, 2.75) is 20.0 Å². The number of methoxy groups -OCH3 is 1. The quantitative estimate of drug-likeness (QED) is 0.730. The third kappa shape index (κ3) is 4.89. The fraction of sp³-hybridized carbons (Fsp3) is 0.375. The largest absolute Gasteiger partial charge is 0.489 e. The molecule has 0 aliphatic heterocycles. The molecule has 6 nitrogen and oxygen atoms in total. The first kappa shape index (κ1) is 16.0. The first-order chi connectivity index (χ1) is 10.7. The highest BCUT2D eigenvalue weighted by molar-refractivity contribution is 5.62. The summed E-state index contributed by atoms with van der Waals surface area (Å²) in [5.74, 6) is 2.04. The van der Waals surface area contributed by atoms with Crippen molar-refractivity contribution in [3.05, 3.63) is 36.5 Å². The first-order valence-electron chi connectivity index (χ1n) is 7.27. The van der Waals surface area contributed by atoms with Crippen molar-refractivity contribution < 1.29 is 9.47 Å². The number of anilines is 3. The summed E-state index contributed by atoms with van der Waals surface area (Å²) in [6.07, 6.45) is 1.81. The van der Waals surface area contributed by atoms with Gasteiger partial charge in [-0.1, -0.05) is 12.1 Å². The van der Waals surface area contributed by atoms with E-state index in [9.17, 15) is 0 Å². The van der Waals surface area contributed by atoms with E-state index in [1.54, 1.807) is 13.3 Å². The molecule has 0 aliphatic rings. The maximum Gasteiger partial charge on any atom is 0.229 e. The summed E-state index contributed by atoms with van der Waals surface area (Å²) in [6.45, 7) is 5.30. The minimum absolute atomic E-state index is 0.103. The highest BCUT2D eigenvalue weighted by atomic mass is 16.5. The van der Waals surface area contributed by atoms with Gasteiger partial charge < -0.3 is 20.1 Å². The summed E-state index contributed by atoms with van der Waals surface area (Å²) >= 11 is 0. The van der Waals surface area contributed by atoms with Gasteiger partial charge in [-0.25, -0.2) is 4.98 Å². The molecule has 0 amide bonds. The Balaban J connectivity index is 2.09. The van der Waals surface area contributed by atoms with E-state index >= 15 is 0 Å². The second-order valence-electron chi connectivity index (χ2n) is 4.97. The van der Waals surface area contributed by atoms with E-state index in [2.05, 4.69) is 20.6 Å². The summed E-state index contributed by atoms with van der Waals surface area (Å²) in [6, 6.07) is 9.55. The molecule has 0 bridgehead atoms. The molecule has 0 spiro atoms. The molecule has 0 radical (unpaired) electrons. The van der Waals surface area contributed by atoms with Crippen molar-refractivity contribution in [2.24, 2.45) is 0 Å². The smallest absolute Gasteiger partial charge is 0.229 e. The van der Waals surface area contributed by atoms with Crippen LogP contribution in [0.25, 0.3) is 0 Å². The molecule has 2 rings (SSSR count). The molecule has 0 unspecified atom stereocenters. The zero-order valence-corrected chi connectivity index (χ0v) is 13.2. The predicted molar refractivity (Wildman–Crippen MR) is 87.9 cm³/mol. The molecule has 118 valence electrons. The van der Waals surface area contributed by atoms with E-state index in [-0.39, 0.29) is 6.10 Å². The monoisotopic (exact) mass is 302 g/mol. The number of ether oxygens (including phenoxy) is 2. The van der Waals surface area contributed by atoms with E-state index in [0.29, 0.717) is 19.1 Å². The average Bonchev–Trinajstić information content (AvgIpc) is 2.49. The van der Waals surface area contributed by atoms with Gasteiger partial charge in [0, 0.05) is 19.9 Å². The van der Waals surface area contributed by atoms with Gasteiger partial charge in [-0.15, -0.1) is 0 Å². The van der Waals surface area contributed by atoms with Crippen LogP contribution in [0, 0.1) is 0 Å². The molecule has 6 heteroatoms. The third-order valence-corrected chi connectivity index (χ3v) is 2.76. The Morgan fingerprint density at radius 3 is 2.77 bits per heavy atom. The van der Waals surface area contributed by atoms with Gasteiger partial charge in [-0.05, 0) is 32.0 Å². The lowest BCUT2D eigenvalue weighted by atomic mass is 10.3. The van der Waals surface area contributed by atoms with Crippen LogP contribution >= 0.6 is 0 Å². The van der Waals surface area contributed by atoms with Crippen molar-refractivity contribution in [3.8, 4) is 5.75 Å². The number of nitrogens with one attached hydrogen (secondary N) is 2. The molecule has 0 atom stereocenters. The third-order valence-electron chi connectivity index (χ3n) is 2.76. The molecule has 1 aromatic heterocycles. The number of hydrogen-bond acceptors (Lipinski definition) is 6. The number of rotatable bonds is 8. The molecule has 0 fully saturated rings. The molecular formula is C16H22N4O2. The van der Waals surface area contributed by atoms with Crippen LogP contribution in [0.4, 0.5) is 17.5 Å². The average molecular weight is 302 g/mol. The molecule has 1 aromatic carbocycles. The lowest BCUT2D eigenvalue weighted by Crippen LogP contribution is -2.10. The summed E-state index contributed by atoms with van der Waals surface area (Å²) in [4.78, 5) is 8.65. The number of aromatic nitrogens is 2. The maximum atomic E-state index is 5.78. The van der Waals surface area contributed by atoms with E-state index in [0.717, 1.165) is 17.3 Å². The number of hydrogen-bond donors (Lipinski definition) is 2. The SMILES string of the molecule is COCCNc1ccnc(Nc2ccccc2OC(C)C)n1. The summed E-state index contributed by atoms with van der Waals surface area (Å²) in [5.41, 5.74) is 0.838. The molecule has 0 saturated heterocycles. The van der Waals surface area contributed by atoms with Gasteiger partial charge in [0.2, 0.25) is 5.95 Å². The maximum absolute atomic E-state index is 5.78. The summed E-state index contributed by atoms with van der Waals surface area (Å²) in [7, 11) is 1.67. The second-order valence-corrected chi connectivity index (χ2v) is 4.97. The van der Waals surface area contributed by atoms with Crippen molar-refractivity contribution in [1.29, 1.82) is 0 Å². The van der Waals surface area contributed by atoms with Gasteiger partial charge in [0.1, 0.15) is 11.6 Å². The zero-order valence-electron chi connectivity index (χ0n) is 13.2. The number of para-hydroxylation sites is 2. The Morgan fingerprint density at radius 2 is 2.00 bits per heavy atom. The van der Waals surface area contributed by atoms with E-state index in [1.807, 2.05) is 44.2 Å². The Labute approximate surface area is 130 Å². The molecule has 0 saturated carbocycles. The van der Waals surface area contributed by atoms with Gasteiger partial charge in [0.25, 0.3) is 0 Å². The molecule has 1 heterocycles. The lowest BCUT2D eigenvalue weighted by molar-refractivity contribution is 0.210. The molecular weight excluding hydrogens is 280 g/mol. The van der Waals surface area contributed by atoms with Crippen LogP contribution in [0.1, 0.15) is 13.8 Å². The fourth-order valence-electron chi connectivity index (χ4n) is 1.85. The topological polar surface area (TPSA) is 68.3 Å². The zero-order chi connectivity index (χ0) is 15.8. The van der Waals surface area contributed by atoms with Gasteiger partial charge in [-0.2, -0.15) is 4.98 Å². The van der Waals surface area contributed by atoms with Crippen LogP contribution in [0.3, 0.4) is 0 Å². The Morgan fingerprint density at radius 1 is 1.18 bits per heavy atom. The normalized spacial score (nSPS) is 10.5. The van der Waals surface area contributed by atoms with Crippen LogP contribution in [-0.4, -0.2) is 36.3 Å². The Kier molecular flexibility index (Phi) is 5.97. The highest BCUT2D eigenvalue weighted by Crippen LogP contribution is 2.27. The van der Waals surface area contributed by atoms with Crippen LogP contribution in [0.15, 0.2) is 36.5 Å². The Hall–Kier alpha value is -2.34. The van der Waals surface area contributed by atoms with Gasteiger partial charge >= 0.3 is 0 Å². The van der Waals surface area contributed by atoms with Crippen LogP contribution < -0.4 is 15.4 Å². The second kappa shape index (κ2) is 8.19. The van der Waals surface area contributed by atoms with Crippen molar-refractivity contribution in [3.63, 3.8) is 0 Å². The summed E-state index contributed by atoms with van der Waals surface area (Å²) in [5, 5.41) is 6.36. The number of benzene rings is 1. The van der Waals surface area contributed by atoms with Gasteiger partial charge in [-0.3, -0.25) is 0 Å².